The Hall–Kier alpha value is -4.26. The minimum atomic E-state index is -0.209. The van der Waals surface area contributed by atoms with Gasteiger partial charge >= 0.3 is 0 Å². The Kier molecular flexibility index (Phi) is 4.99. The quantitative estimate of drug-likeness (QED) is 0.403. The molecule has 0 fully saturated rings. The lowest BCUT2D eigenvalue weighted by Gasteiger charge is -2.09. The molecule has 0 spiro atoms. The van der Waals surface area contributed by atoms with Gasteiger partial charge in [0.05, 0.1) is 17.7 Å². The number of rotatable bonds is 5. The topological polar surface area (TPSA) is 83.0 Å². The average Bonchev–Trinajstić information content (AvgIpc) is 3.31. The van der Waals surface area contributed by atoms with Crippen LogP contribution in [-0.2, 0) is 0 Å². The molecule has 5 rings (SSSR count). The molecule has 7 heteroatoms. The zero-order valence-corrected chi connectivity index (χ0v) is 17.6. The van der Waals surface area contributed by atoms with E-state index in [4.69, 9.17) is 9.26 Å². The molecule has 0 radical (unpaired) electrons. The van der Waals surface area contributed by atoms with Crippen LogP contribution >= 0.6 is 0 Å². The molecule has 0 saturated carbocycles. The maximum Gasteiger partial charge on any atom is 0.279 e. The molecular weight excluding hydrogens is 404 g/mol. The van der Waals surface area contributed by atoms with Crippen molar-refractivity contribution in [2.45, 2.75) is 13.8 Å². The second kappa shape index (κ2) is 8.11. The smallest absolute Gasteiger partial charge is 0.279 e. The van der Waals surface area contributed by atoms with Crippen molar-refractivity contribution in [2.24, 2.45) is 0 Å². The monoisotopic (exact) mass is 424 g/mol. The van der Waals surface area contributed by atoms with Crippen LogP contribution in [0.3, 0.4) is 0 Å². The van der Waals surface area contributed by atoms with Gasteiger partial charge in [0.2, 0.25) is 5.82 Å². The van der Waals surface area contributed by atoms with E-state index in [1.807, 2.05) is 80.6 Å². The third-order valence-electron chi connectivity index (χ3n) is 5.14. The molecule has 32 heavy (non-hydrogen) atoms. The fourth-order valence-electron chi connectivity index (χ4n) is 3.51. The summed E-state index contributed by atoms with van der Waals surface area (Å²) in [5.41, 5.74) is 2.79. The van der Waals surface area contributed by atoms with E-state index < -0.39 is 0 Å². The third-order valence-corrected chi connectivity index (χ3v) is 5.14. The Morgan fingerprint density at radius 1 is 0.938 bits per heavy atom. The van der Waals surface area contributed by atoms with Crippen LogP contribution in [0, 0.1) is 6.92 Å². The van der Waals surface area contributed by atoms with Gasteiger partial charge in [0.15, 0.2) is 5.69 Å². The first-order valence-electron chi connectivity index (χ1n) is 10.3. The zero-order valence-electron chi connectivity index (χ0n) is 17.6. The van der Waals surface area contributed by atoms with Gasteiger partial charge in [-0.05, 0) is 56.3 Å². The van der Waals surface area contributed by atoms with Gasteiger partial charge < -0.3 is 9.26 Å². The molecule has 5 aromatic rings. The number of aromatic nitrogens is 4. The molecule has 2 aromatic heterocycles. The predicted molar refractivity (Wildman–Crippen MR) is 122 cm³/mol. The summed E-state index contributed by atoms with van der Waals surface area (Å²) < 4.78 is 12.4. The number of fused-ring (bicyclic) bond motifs is 1. The van der Waals surface area contributed by atoms with Crippen molar-refractivity contribution >= 4 is 10.8 Å². The van der Waals surface area contributed by atoms with E-state index in [1.54, 1.807) is 6.07 Å². The molecule has 0 N–H and O–H groups in total. The first kappa shape index (κ1) is 19.7. The fraction of sp³-hybridized carbons (Fsp3) is 0.120. The highest BCUT2D eigenvalue weighted by molar-refractivity contribution is 5.92. The molecule has 7 nitrogen and oxygen atoms in total. The van der Waals surface area contributed by atoms with E-state index in [-0.39, 0.29) is 11.4 Å². The van der Waals surface area contributed by atoms with Gasteiger partial charge in [0.25, 0.3) is 11.4 Å². The van der Waals surface area contributed by atoms with E-state index >= 15 is 0 Å². The lowest BCUT2D eigenvalue weighted by molar-refractivity contribution is 0.340. The molecule has 0 bridgehead atoms. The molecule has 0 atom stereocenters. The van der Waals surface area contributed by atoms with Crippen LogP contribution < -0.4 is 10.3 Å². The number of hydrogen-bond acceptors (Lipinski definition) is 6. The highest BCUT2D eigenvalue weighted by Gasteiger charge is 2.19. The van der Waals surface area contributed by atoms with Crippen LogP contribution in [0.5, 0.6) is 5.75 Å². The third kappa shape index (κ3) is 3.54. The number of hydrogen-bond donors (Lipinski definition) is 0. The summed E-state index contributed by atoms with van der Waals surface area (Å²) in [6, 6.07) is 22.4. The largest absolute Gasteiger partial charge is 0.494 e. The van der Waals surface area contributed by atoms with Gasteiger partial charge in [0, 0.05) is 10.9 Å². The molecule has 2 heterocycles. The van der Waals surface area contributed by atoms with Crippen molar-refractivity contribution in [3.05, 3.63) is 88.7 Å². The molecule has 0 saturated heterocycles. The van der Waals surface area contributed by atoms with Gasteiger partial charge in [-0.15, -0.1) is 0 Å². The van der Waals surface area contributed by atoms with E-state index in [2.05, 4.69) is 15.2 Å². The van der Waals surface area contributed by atoms with Crippen molar-refractivity contribution in [1.82, 2.24) is 19.9 Å². The van der Waals surface area contributed by atoms with Gasteiger partial charge in [0.1, 0.15) is 5.75 Å². The molecule has 3 aromatic carbocycles. The van der Waals surface area contributed by atoms with Gasteiger partial charge in [-0.2, -0.15) is 14.8 Å². The van der Waals surface area contributed by atoms with Crippen LogP contribution in [0.25, 0.3) is 39.4 Å². The number of benzene rings is 3. The van der Waals surface area contributed by atoms with Crippen LogP contribution in [0.2, 0.25) is 0 Å². The second-order valence-electron chi connectivity index (χ2n) is 7.33. The zero-order chi connectivity index (χ0) is 22.1. The van der Waals surface area contributed by atoms with E-state index in [0.717, 1.165) is 16.9 Å². The average molecular weight is 424 g/mol. The molecule has 0 aliphatic carbocycles. The molecule has 158 valence electrons. The van der Waals surface area contributed by atoms with Crippen molar-refractivity contribution in [3.63, 3.8) is 0 Å². The maximum atomic E-state index is 13.1. The summed E-state index contributed by atoms with van der Waals surface area (Å²) in [7, 11) is 0. The number of ether oxygens (including phenoxy) is 1. The Morgan fingerprint density at radius 2 is 1.66 bits per heavy atom. The highest BCUT2D eigenvalue weighted by atomic mass is 16.5. The standard InChI is InChI=1S/C25H20N4O3/c1-3-31-19-14-10-17(11-15-19)23-26-24(32-28-23)22-20-6-4-5-7-21(20)25(30)29(27-22)18-12-8-16(2)9-13-18/h4-15H,3H2,1-2H3. The Labute approximate surface area is 183 Å². The van der Waals surface area contributed by atoms with Crippen molar-refractivity contribution in [3.8, 4) is 34.4 Å². The highest BCUT2D eigenvalue weighted by Crippen LogP contribution is 2.27. The summed E-state index contributed by atoms with van der Waals surface area (Å²) in [5.74, 6) is 1.45. The van der Waals surface area contributed by atoms with E-state index in [0.29, 0.717) is 34.6 Å². The number of nitrogens with zero attached hydrogens (tertiary/aromatic N) is 4. The number of aryl methyl sites for hydroxylation is 1. The molecule has 0 aliphatic rings. The second-order valence-corrected chi connectivity index (χ2v) is 7.33. The van der Waals surface area contributed by atoms with E-state index in [9.17, 15) is 4.79 Å². The maximum absolute atomic E-state index is 13.1. The molecule has 0 unspecified atom stereocenters. The Bertz CT molecular complexity index is 1450. The summed E-state index contributed by atoms with van der Waals surface area (Å²) >= 11 is 0. The van der Waals surface area contributed by atoms with Crippen LogP contribution in [0.15, 0.2) is 82.1 Å². The van der Waals surface area contributed by atoms with Crippen LogP contribution in [0.4, 0.5) is 0 Å². The van der Waals surface area contributed by atoms with Crippen molar-refractivity contribution in [2.75, 3.05) is 6.61 Å². The summed E-state index contributed by atoms with van der Waals surface area (Å²) in [6.07, 6.45) is 0. The van der Waals surface area contributed by atoms with Crippen LogP contribution in [0.1, 0.15) is 12.5 Å². The fourth-order valence-corrected chi connectivity index (χ4v) is 3.51. The normalized spacial score (nSPS) is 11.1. The van der Waals surface area contributed by atoms with Crippen molar-refractivity contribution in [1.29, 1.82) is 0 Å². The Morgan fingerprint density at radius 3 is 2.38 bits per heavy atom. The summed E-state index contributed by atoms with van der Waals surface area (Å²) in [4.78, 5) is 17.7. The lowest BCUT2D eigenvalue weighted by Crippen LogP contribution is -2.22. The summed E-state index contributed by atoms with van der Waals surface area (Å²) in [5, 5.41) is 9.91. The van der Waals surface area contributed by atoms with Crippen molar-refractivity contribution < 1.29 is 9.26 Å². The van der Waals surface area contributed by atoms with Gasteiger partial charge in [-0.25, -0.2) is 0 Å². The first-order valence-corrected chi connectivity index (χ1v) is 10.3. The van der Waals surface area contributed by atoms with Gasteiger partial charge in [-0.3, -0.25) is 4.79 Å². The lowest BCUT2D eigenvalue weighted by atomic mass is 10.1. The molecule has 0 amide bonds. The van der Waals surface area contributed by atoms with Gasteiger partial charge in [-0.1, -0.05) is 41.1 Å². The summed E-state index contributed by atoms with van der Waals surface area (Å²) in [6.45, 7) is 4.53. The SMILES string of the molecule is CCOc1ccc(-c2noc(-c3nn(-c4ccc(C)cc4)c(=O)c4ccccc34)n2)cc1. The predicted octanol–water partition coefficient (Wildman–Crippen LogP) is 4.81. The molecular formula is C25H20N4O3. The Balaban J connectivity index is 1.63. The van der Waals surface area contributed by atoms with E-state index in [1.165, 1.54) is 4.68 Å². The van der Waals surface area contributed by atoms with Crippen LogP contribution in [-0.4, -0.2) is 26.5 Å². The minimum absolute atomic E-state index is 0.209. The first-order chi connectivity index (χ1) is 15.6. The minimum Gasteiger partial charge on any atom is -0.494 e. The molecule has 0 aliphatic heterocycles.